The van der Waals surface area contributed by atoms with Gasteiger partial charge in [0.25, 0.3) is 11.8 Å². The van der Waals surface area contributed by atoms with Gasteiger partial charge in [-0.1, -0.05) is 18.2 Å². The third-order valence-corrected chi connectivity index (χ3v) is 6.59. The molecule has 32 heavy (non-hydrogen) atoms. The van der Waals surface area contributed by atoms with Crippen LogP contribution in [-0.4, -0.2) is 54.8 Å². The number of rotatable bonds is 4. The van der Waals surface area contributed by atoms with Gasteiger partial charge in [-0.25, -0.2) is 13.7 Å². The zero-order valence-electron chi connectivity index (χ0n) is 18.8. The van der Waals surface area contributed by atoms with Crippen molar-refractivity contribution in [1.29, 1.82) is 0 Å². The molecule has 2 aliphatic rings. The van der Waals surface area contributed by atoms with Gasteiger partial charge >= 0.3 is 0 Å². The van der Waals surface area contributed by atoms with E-state index in [9.17, 15) is 18.4 Å². The van der Waals surface area contributed by atoms with Crippen molar-refractivity contribution in [3.05, 3.63) is 70.4 Å². The lowest BCUT2D eigenvalue weighted by Gasteiger charge is -2.36. The lowest BCUT2D eigenvalue weighted by Crippen LogP contribution is -2.43. The van der Waals surface area contributed by atoms with Crippen LogP contribution >= 0.6 is 0 Å². The molecular formula is C25H27F2N3O2. The minimum Gasteiger partial charge on any atom is -0.366 e. The molecular weight excluding hydrogens is 412 g/mol. The number of anilines is 1. The Morgan fingerprint density at radius 1 is 0.938 bits per heavy atom. The van der Waals surface area contributed by atoms with Crippen molar-refractivity contribution >= 4 is 23.1 Å². The Kier molecular flexibility index (Phi) is 5.86. The van der Waals surface area contributed by atoms with E-state index in [-0.39, 0.29) is 23.0 Å². The van der Waals surface area contributed by atoms with Crippen molar-refractivity contribution in [1.82, 2.24) is 9.80 Å². The van der Waals surface area contributed by atoms with E-state index in [1.54, 1.807) is 0 Å². The Hall–Kier alpha value is -3.06. The van der Waals surface area contributed by atoms with E-state index in [4.69, 9.17) is 0 Å². The number of imide groups is 1. The van der Waals surface area contributed by atoms with Crippen LogP contribution in [0.2, 0.25) is 0 Å². The molecule has 168 valence electrons. The summed E-state index contributed by atoms with van der Waals surface area (Å²) in [7, 11) is 3.88. The number of likely N-dealkylation sites (tertiary alicyclic amines) is 1. The molecule has 1 saturated heterocycles. The number of hydrogen-bond acceptors (Lipinski definition) is 4. The monoisotopic (exact) mass is 439 g/mol. The summed E-state index contributed by atoms with van der Waals surface area (Å²) in [5.74, 6) is -2.90. The molecule has 0 unspecified atom stereocenters. The number of amides is 2. The third kappa shape index (κ3) is 3.81. The first-order valence-electron chi connectivity index (χ1n) is 10.8. The molecule has 0 bridgehead atoms. The minimum absolute atomic E-state index is 0.0810. The zero-order chi connectivity index (χ0) is 23.2. The van der Waals surface area contributed by atoms with Crippen molar-refractivity contribution in [2.45, 2.75) is 32.7 Å². The number of halogens is 2. The van der Waals surface area contributed by atoms with Crippen molar-refractivity contribution in [3.63, 3.8) is 0 Å². The fourth-order valence-corrected chi connectivity index (χ4v) is 4.45. The number of carbonyl (C=O) groups is 2. The predicted octanol–water partition coefficient (Wildman–Crippen LogP) is 3.89. The molecule has 1 fully saturated rings. The molecule has 2 amide bonds. The first kappa shape index (κ1) is 22.1. The lowest BCUT2D eigenvalue weighted by atomic mass is 9.97. The Bertz CT molecular complexity index is 1120. The maximum absolute atomic E-state index is 14.6. The van der Waals surface area contributed by atoms with E-state index in [1.165, 1.54) is 0 Å². The van der Waals surface area contributed by atoms with Gasteiger partial charge in [-0.3, -0.25) is 9.59 Å². The van der Waals surface area contributed by atoms with Gasteiger partial charge in [0.15, 0.2) is 0 Å². The first-order valence-corrected chi connectivity index (χ1v) is 10.8. The van der Waals surface area contributed by atoms with Gasteiger partial charge in [0.1, 0.15) is 17.3 Å². The van der Waals surface area contributed by atoms with Crippen molar-refractivity contribution in [2.24, 2.45) is 0 Å². The third-order valence-electron chi connectivity index (χ3n) is 6.59. The van der Waals surface area contributed by atoms with Crippen LogP contribution in [0.3, 0.4) is 0 Å². The van der Waals surface area contributed by atoms with Crippen LogP contribution in [0.5, 0.6) is 0 Å². The normalized spacial score (nSPS) is 18.1. The quantitative estimate of drug-likeness (QED) is 0.678. The molecule has 0 radical (unpaired) electrons. The zero-order valence-corrected chi connectivity index (χ0v) is 18.8. The minimum atomic E-state index is -0.950. The second kappa shape index (κ2) is 8.47. The highest BCUT2D eigenvalue weighted by molar-refractivity contribution is 6.45. The van der Waals surface area contributed by atoms with Gasteiger partial charge < -0.3 is 9.80 Å². The molecule has 4 rings (SSSR count). The second-order valence-electron chi connectivity index (χ2n) is 8.71. The molecule has 7 heteroatoms. The van der Waals surface area contributed by atoms with Gasteiger partial charge in [0, 0.05) is 19.2 Å². The Balaban J connectivity index is 1.83. The summed E-state index contributed by atoms with van der Waals surface area (Å²) < 4.78 is 28.1. The number of aryl methyl sites for hydroxylation is 2. The fourth-order valence-electron chi connectivity index (χ4n) is 4.45. The van der Waals surface area contributed by atoms with Gasteiger partial charge in [-0.15, -0.1) is 0 Å². The summed E-state index contributed by atoms with van der Waals surface area (Å²) in [4.78, 5) is 32.1. The molecule has 0 atom stereocenters. The summed E-state index contributed by atoms with van der Waals surface area (Å²) >= 11 is 0. The van der Waals surface area contributed by atoms with Crippen LogP contribution in [0.4, 0.5) is 14.5 Å². The molecule has 2 aliphatic heterocycles. The molecule has 2 aromatic carbocycles. The van der Waals surface area contributed by atoms with Gasteiger partial charge in [0.2, 0.25) is 0 Å². The lowest BCUT2D eigenvalue weighted by molar-refractivity contribution is -0.120. The standard InChI is InChI=1S/C25H27F2N3O2/c1-15-5-6-17(13-16(15)2)22-23(29(4)19-9-11-28(3)12-10-19)25(32)30(24(22)31)21-8-7-18(26)14-20(21)27/h5-8,13-14,19H,9-12H2,1-4H3. The summed E-state index contributed by atoms with van der Waals surface area (Å²) in [6.07, 6.45) is 1.70. The highest BCUT2D eigenvalue weighted by Crippen LogP contribution is 2.37. The summed E-state index contributed by atoms with van der Waals surface area (Å²) in [6.45, 7) is 5.69. The molecule has 0 aromatic heterocycles. The van der Waals surface area contributed by atoms with E-state index in [2.05, 4.69) is 11.9 Å². The largest absolute Gasteiger partial charge is 0.366 e. The van der Waals surface area contributed by atoms with Crippen molar-refractivity contribution in [3.8, 4) is 0 Å². The molecule has 0 spiro atoms. The highest BCUT2D eigenvalue weighted by Gasteiger charge is 2.44. The molecule has 2 aromatic rings. The van der Waals surface area contributed by atoms with Gasteiger partial charge in [0.05, 0.1) is 11.3 Å². The summed E-state index contributed by atoms with van der Waals surface area (Å²) in [5, 5.41) is 0. The topological polar surface area (TPSA) is 43.9 Å². The number of benzene rings is 2. The average molecular weight is 440 g/mol. The molecule has 2 heterocycles. The fraction of sp³-hybridized carbons (Fsp3) is 0.360. The van der Waals surface area contributed by atoms with Crippen LogP contribution in [-0.2, 0) is 9.59 Å². The van der Waals surface area contributed by atoms with E-state index < -0.39 is 23.4 Å². The van der Waals surface area contributed by atoms with Crippen LogP contribution in [0.25, 0.3) is 5.57 Å². The van der Waals surface area contributed by atoms with E-state index in [1.807, 2.05) is 44.0 Å². The van der Waals surface area contributed by atoms with Gasteiger partial charge in [-0.05, 0) is 75.6 Å². The number of nitrogens with zero attached hydrogens (tertiary/aromatic N) is 3. The van der Waals surface area contributed by atoms with E-state index in [0.717, 1.165) is 54.1 Å². The average Bonchev–Trinajstić information content (AvgIpc) is 3.00. The predicted molar refractivity (Wildman–Crippen MR) is 120 cm³/mol. The van der Waals surface area contributed by atoms with E-state index >= 15 is 0 Å². The van der Waals surface area contributed by atoms with Crippen LogP contribution in [0.15, 0.2) is 42.1 Å². The Morgan fingerprint density at radius 2 is 1.62 bits per heavy atom. The second-order valence-corrected chi connectivity index (χ2v) is 8.71. The number of likely N-dealkylation sites (N-methyl/N-ethyl adjacent to an activating group) is 1. The van der Waals surface area contributed by atoms with E-state index in [0.29, 0.717) is 11.6 Å². The number of piperidine rings is 1. The molecule has 0 aliphatic carbocycles. The number of carbonyl (C=O) groups excluding carboxylic acids is 2. The van der Waals surface area contributed by atoms with Crippen LogP contribution in [0, 0.1) is 25.5 Å². The summed E-state index contributed by atoms with van der Waals surface area (Å²) in [5.41, 5.74) is 2.95. The summed E-state index contributed by atoms with van der Waals surface area (Å²) in [6, 6.07) is 8.55. The Labute approximate surface area is 186 Å². The highest BCUT2D eigenvalue weighted by atomic mass is 19.1. The number of hydrogen-bond donors (Lipinski definition) is 0. The molecule has 0 N–H and O–H groups in total. The first-order chi connectivity index (χ1) is 15.2. The van der Waals surface area contributed by atoms with Crippen LogP contribution in [0.1, 0.15) is 29.5 Å². The van der Waals surface area contributed by atoms with Crippen molar-refractivity contribution < 1.29 is 18.4 Å². The SMILES string of the molecule is Cc1ccc(C2=C(N(C)C3CCN(C)CC3)C(=O)N(c3ccc(F)cc3F)C2=O)cc1C. The smallest absolute Gasteiger partial charge is 0.282 e. The van der Waals surface area contributed by atoms with Crippen LogP contribution < -0.4 is 4.90 Å². The maximum atomic E-state index is 14.6. The molecule has 5 nitrogen and oxygen atoms in total. The Morgan fingerprint density at radius 3 is 2.25 bits per heavy atom. The maximum Gasteiger partial charge on any atom is 0.282 e. The molecule has 0 saturated carbocycles. The van der Waals surface area contributed by atoms with Gasteiger partial charge in [-0.2, -0.15) is 0 Å². The van der Waals surface area contributed by atoms with Crippen molar-refractivity contribution in [2.75, 3.05) is 32.1 Å².